The third-order valence-electron chi connectivity index (χ3n) is 5.32. The number of phenols is 1. The summed E-state index contributed by atoms with van der Waals surface area (Å²) < 4.78 is 16.2. The van der Waals surface area contributed by atoms with Crippen LogP contribution in [0.25, 0.3) is 10.9 Å². The molecule has 0 unspecified atom stereocenters. The van der Waals surface area contributed by atoms with E-state index >= 15 is 0 Å². The van der Waals surface area contributed by atoms with E-state index in [0.717, 1.165) is 0 Å². The van der Waals surface area contributed by atoms with Crippen LogP contribution in [0.1, 0.15) is 35.0 Å². The Morgan fingerprint density at radius 1 is 1.22 bits per heavy atom. The smallest absolute Gasteiger partial charge is 0.308 e. The summed E-state index contributed by atoms with van der Waals surface area (Å²) >= 11 is 6.01. The average molecular weight is 461 g/mol. The lowest BCUT2D eigenvalue weighted by Gasteiger charge is -2.09. The zero-order chi connectivity index (χ0) is 23.6. The number of aliphatic carboxylic acids is 1. The number of carboxylic acid groups (broad SMARTS) is 1. The second-order valence-corrected chi connectivity index (χ2v) is 7.99. The van der Waals surface area contributed by atoms with Crippen molar-refractivity contribution in [2.24, 2.45) is 5.92 Å². The third kappa shape index (κ3) is 4.60. The van der Waals surface area contributed by atoms with Crippen LogP contribution < -0.4 is 5.32 Å². The number of carbonyl (C=O) groups excluding carboxylic acids is 2. The molecule has 3 aromatic rings. The number of carbonyl (C=O) groups is 3. The Kier molecular flexibility index (Phi) is 6.84. The van der Waals surface area contributed by atoms with Crippen molar-refractivity contribution in [3.05, 3.63) is 64.1 Å². The highest BCUT2D eigenvalue weighted by Crippen LogP contribution is 2.34. The summed E-state index contributed by atoms with van der Waals surface area (Å²) in [6, 6.07) is 8.97. The van der Waals surface area contributed by atoms with Gasteiger partial charge in [-0.25, -0.2) is 4.39 Å². The Morgan fingerprint density at radius 2 is 1.94 bits per heavy atom. The van der Waals surface area contributed by atoms with Crippen LogP contribution in [-0.4, -0.2) is 39.1 Å². The number of nitrogens with zero attached hydrogens (tertiary/aromatic N) is 1. The number of carboxylic acids is 1. The van der Waals surface area contributed by atoms with Crippen molar-refractivity contribution in [3.8, 4) is 5.75 Å². The Bertz CT molecular complexity index is 1220. The molecule has 0 saturated heterocycles. The number of aromatic hydroxyl groups is 1. The molecule has 1 aromatic heterocycles. The van der Waals surface area contributed by atoms with Crippen molar-refractivity contribution < 1.29 is 29.0 Å². The predicted octanol–water partition coefficient (Wildman–Crippen LogP) is 3.91. The number of nitrogens with one attached hydrogen (secondary N) is 1. The minimum Gasteiger partial charge on any atom is -0.505 e. The van der Waals surface area contributed by atoms with Crippen LogP contribution in [0.4, 0.5) is 4.39 Å². The van der Waals surface area contributed by atoms with Gasteiger partial charge < -0.3 is 15.5 Å². The van der Waals surface area contributed by atoms with Crippen LogP contribution in [0.5, 0.6) is 5.75 Å². The lowest BCUT2D eigenvalue weighted by atomic mass is 10.0. The van der Waals surface area contributed by atoms with Crippen molar-refractivity contribution in [2.45, 2.75) is 26.7 Å². The molecule has 0 saturated carbocycles. The largest absolute Gasteiger partial charge is 0.505 e. The molecule has 0 fully saturated rings. The maximum absolute atomic E-state index is 14.9. The highest BCUT2D eigenvalue weighted by molar-refractivity contribution is 6.31. The zero-order valence-corrected chi connectivity index (χ0v) is 18.2. The number of halogens is 2. The molecule has 0 aliphatic carbocycles. The summed E-state index contributed by atoms with van der Waals surface area (Å²) in [5.74, 6) is -4.04. The molecule has 1 atom stereocenters. The molecule has 9 heteroatoms. The molecular formula is C23H22ClFN2O5. The lowest BCUT2D eigenvalue weighted by molar-refractivity contribution is -0.141. The van der Waals surface area contributed by atoms with Crippen LogP contribution in [0.15, 0.2) is 36.4 Å². The van der Waals surface area contributed by atoms with Crippen LogP contribution in [0.2, 0.25) is 5.02 Å². The molecule has 0 aliphatic rings. The van der Waals surface area contributed by atoms with Crippen molar-refractivity contribution >= 4 is 40.3 Å². The first-order chi connectivity index (χ1) is 15.1. The second kappa shape index (κ2) is 9.40. The quantitative estimate of drug-likeness (QED) is 0.495. The number of fused-ring (bicyclic) bond motifs is 1. The monoisotopic (exact) mass is 460 g/mol. The van der Waals surface area contributed by atoms with Gasteiger partial charge in [0.15, 0.2) is 11.6 Å². The number of phenolic OH excluding ortho intramolecular Hbond substituents is 1. The second-order valence-electron chi connectivity index (χ2n) is 7.55. The fourth-order valence-corrected chi connectivity index (χ4v) is 3.71. The lowest BCUT2D eigenvalue weighted by Crippen LogP contribution is -2.31. The van der Waals surface area contributed by atoms with Gasteiger partial charge in [0.1, 0.15) is 0 Å². The van der Waals surface area contributed by atoms with E-state index in [1.54, 1.807) is 25.1 Å². The summed E-state index contributed by atoms with van der Waals surface area (Å²) in [6.07, 6.45) is 0.0402. The first-order valence-electron chi connectivity index (χ1n) is 9.93. The predicted molar refractivity (Wildman–Crippen MR) is 118 cm³/mol. The normalized spacial score (nSPS) is 12.0. The van der Waals surface area contributed by atoms with Gasteiger partial charge in [0.2, 0.25) is 5.91 Å². The van der Waals surface area contributed by atoms with E-state index in [2.05, 4.69) is 5.32 Å². The van der Waals surface area contributed by atoms with Crippen LogP contribution >= 0.6 is 11.6 Å². The van der Waals surface area contributed by atoms with Crippen molar-refractivity contribution in [2.75, 3.05) is 6.54 Å². The summed E-state index contributed by atoms with van der Waals surface area (Å²) in [5, 5.41) is 21.8. The Labute approximate surface area is 188 Å². The van der Waals surface area contributed by atoms with Gasteiger partial charge in [-0.3, -0.25) is 19.0 Å². The van der Waals surface area contributed by atoms with E-state index in [-0.39, 0.29) is 30.3 Å². The Morgan fingerprint density at radius 3 is 2.59 bits per heavy atom. The molecule has 2 aromatic carbocycles. The highest BCUT2D eigenvalue weighted by atomic mass is 35.5. The standard InChI is InChI=1S/C23H22ClFN2O5/c1-12(23(31)32)11-26-19(29)9-6-16-13(2)27(17-7-8-18(28)21(25)20(16)17)22(30)14-4-3-5-15(24)10-14/h3-5,7-8,10,12,28H,6,9,11H2,1-2H3,(H,26,29)(H,31,32)/t12-/m0/s1. The number of hydrogen-bond donors (Lipinski definition) is 3. The first kappa shape index (κ1) is 23.3. The summed E-state index contributed by atoms with van der Waals surface area (Å²) in [5.41, 5.74) is 1.40. The van der Waals surface area contributed by atoms with Crippen molar-refractivity contribution in [1.82, 2.24) is 9.88 Å². The number of aryl methyl sites for hydroxylation is 1. The molecule has 0 bridgehead atoms. The molecular weight excluding hydrogens is 439 g/mol. The van der Waals surface area contributed by atoms with E-state index in [0.29, 0.717) is 21.8 Å². The van der Waals surface area contributed by atoms with Gasteiger partial charge >= 0.3 is 5.97 Å². The minimum atomic E-state index is -1.03. The van der Waals surface area contributed by atoms with Crippen LogP contribution in [0.3, 0.4) is 0 Å². The molecule has 168 valence electrons. The fraction of sp³-hybridized carbons (Fsp3) is 0.261. The Balaban J connectivity index is 1.97. The maximum atomic E-state index is 14.9. The summed E-state index contributed by atoms with van der Waals surface area (Å²) in [4.78, 5) is 36.3. The van der Waals surface area contributed by atoms with Gasteiger partial charge in [-0.2, -0.15) is 0 Å². The number of amides is 1. The van der Waals surface area contributed by atoms with Gasteiger partial charge in [-0.15, -0.1) is 0 Å². The third-order valence-corrected chi connectivity index (χ3v) is 5.55. The maximum Gasteiger partial charge on any atom is 0.308 e. The first-order valence-corrected chi connectivity index (χ1v) is 10.3. The molecule has 0 radical (unpaired) electrons. The molecule has 0 spiro atoms. The molecule has 1 amide bonds. The van der Waals surface area contributed by atoms with Gasteiger partial charge in [-0.1, -0.05) is 24.6 Å². The number of aromatic nitrogens is 1. The van der Waals surface area contributed by atoms with E-state index in [1.165, 1.54) is 29.7 Å². The summed E-state index contributed by atoms with van der Waals surface area (Å²) in [7, 11) is 0. The van der Waals surface area contributed by atoms with Crippen molar-refractivity contribution in [3.63, 3.8) is 0 Å². The van der Waals surface area contributed by atoms with E-state index in [4.69, 9.17) is 16.7 Å². The van der Waals surface area contributed by atoms with E-state index in [9.17, 15) is 23.9 Å². The number of rotatable bonds is 7. The average Bonchev–Trinajstić information content (AvgIpc) is 3.04. The zero-order valence-electron chi connectivity index (χ0n) is 17.5. The summed E-state index contributed by atoms with van der Waals surface area (Å²) in [6.45, 7) is 3.08. The number of benzene rings is 2. The van der Waals surface area contributed by atoms with Crippen LogP contribution in [0, 0.1) is 18.7 Å². The highest BCUT2D eigenvalue weighted by Gasteiger charge is 2.24. The van der Waals surface area contributed by atoms with E-state index < -0.39 is 35.3 Å². The van der Waals surface area contributed by atoms with Gasteiger partial charge in [0, 0.05) is 34.6 Å². The fourth-order valence-electron chi connectivity index (χ4n) is 3.52. The molecule has 3 N–H and O–H groups in total. The van der Waals surface area contributed by atoms with Crippen molar-refractivity contribution in [1.29, 1.82) is 0 Å². The molecule has 1 heterocycles. The molecule has 32 heavy (non-hydrogen) atoms. The Hall–Kier alpha value is -3.39. The minimum absolute atomic E-state index is 0.0304. The van der Waals surface area contributed by atoms with Gasteiger partial charge in [0.05, 0.1) is 11.4 Å². The van der Waals surface area contributed by atoms with Gasteiger partial charge in [0.25, 0.3) is 5.91 Å². The molecule has 7 nitrogen and oxygen atoms in total. The van der Waals surface area contributed by atoms with Crippen LogP contribution in [-0.2, 0) is 16.0 Å². The molecule has 3 rings (SSSR count). The topological polar surface area (TPSA) is 109 Å². The number of hydrogen-bond acceptors (Lipinski definition) is 4. The SMILES string of the molecule is Cc1c(CCC(=O)NC[C@H](C)C(=O)O)c2c(F)c(O)ccc2n1C(=O)c1cccc(Cl)c1. The molecule has 0 aliphatic heterocycles. The van der Waals surface area contributed by atoms with Gasteiger partial charge in [-0.05, 0) is 49.2 Å². The van der Waals surface area contributed by atoms with E-state index in [1.807, 2.05) is 0 Å².